The monoisotopic (exact) mass is 245 g/mol. The fourth-order valence-corrected chi connectivity index (χ4v) is 1.49. The molecule has 0 aliphatic heterocycles. The summed E-state index contributed by atoms with van der Waals surface area (Å²) in [6, 6.07) is 3.19. The summed E-state index contributed by atoms with van der Waals surface area (Å²) >= 11 is 5.91. The molecule has 0 bridgehead atoms. The normalized spacial score (nSPS) is 9.94. The molecule has 16 heavy (non-hydrogen) atoms. The summed E-state index contributed by atoms with van der Waals surface area (Å²) in [5, 5.41) is 12.2. The lowest BCUT2D eigenvalue weighted by molar-refractivity contribution is -0.569. The van der Waals surface area contributed by atoms with Crippen LogP contribution in [0.1, 0.15) is 0 Å². The zero-order valence-corrected chi connectivity index (χ0v) is 9.71. The van der Waals surface area contributed by atoms with E-state index in [4.69, 9.17) is 21.1 Å². The number of carbonyl (C=O) groups excluding carboxylic acids is 1. The van der Waals surface area contributed by atoms with Gasteiger partial charge in [-0.25, -0.2) is 0 Å². The first-order chi connectivity index (χ1) is 7.58. The average molecular weight is 246 g/mol. The number of aliphatic carboxylic acids is 1. The Bertz CT molecular complexity index is 395. The van der Waals surface area contributed by atoms with Crippen LogP contribution < -0.4 is 19.9 Å². The van der Waals surface area contributed by atoms with E-state index in [0.717, 1.165) is 0 Å². The minimum atomic E-state index is -1.16. The van der Waals surface area contributed by atoms with Gasteiger partial charge in [-0.15, -0.1) is 0 Å². The number of carboxylic acid groups (broad SMARTS) is 1. The summed E-state index contributed by atoms with van der Waals surface area (Å²) in [4.78, 5) is 10.3. The predicted molar refractivity (Wildman–Crippen MR) is 56.0 cm³/mol. The highest BCUT2D eigenvalue weighted by molar-refractivity contribution is 6.32. The van der Waals surface area contributed by atoms with Crippen molar-refractivity contribution in [3.63, 3.8) is 0 Å². The van der Waals surface area contributed by atoms with Gasteiger partial charge in [0.25, 0.3) is 0 Å². The lowest BCUT2D eigenvalue weighted by Gasteiger charge is -2.10. The molecule has 1 aromatic rings. The third-order valence-corrected chi connectivity index (χ3v) is 2.29. The number of methoxy groups -OCH3 is 2. The van der Waals surface area contributed by atoms with Crippen LogP contribution in [0.5, 0.6) is 11.5 Å². The molecule has 1 aromatic carbocycles. The van der Waals surface area contributed by atoms with E-state index in [2.05, 4.69) is 0 Å². The van der Waals surface area contributed by atoms with Crippen LogP contribution in [0.25, 0.3) is 0 Å². The molecule has 0 amide bonds. The number of benzene rings is 1. The van der Waals surface area contributed by atoms with Crippen molar-refractivity contribution in [3.05, 3.63) is 17.2 Å². The summed E-state index contributed by atoms with van der Waals surface area (Å²) in [5.41, 5.74) is 0.595. The summed E-state index contributed by atoms with van der Waals surface area (Å²) in [7, 11) is 2.98. The largest absolute Gasteiger partial charge is 0.544 e. The molecule has 5 nitrogen and oxygen atoms in total. The van der Waals surface area contributed by atoms with Crippen LogP contribution in [0.15, 0.2) is 12.1 Å². The molecule has 0 unspecified atom stereocenters. The van der Waals surface area contributed by atoms with Crippen molar-refractivity contribution in [1.82, 2.24) is 0 Å². The van der Waals surface area contributed by atoms with Crippen LogP contribution >= 0.6 is 11.6 Å². The van der Waals surface area contributed by atoms with Crippen molar-refractivity contribution in [2.45, 2.75) is 0 Å². The molecule has 0 saturated carbocycles. The van der Waals surface area contributed by atoms with Gasteiger partial charge in [0.15, 0.2) is 11.4 Å². The molecule has 0 fully saturated rings. The number of hydrogen-bond donors (Lipinski definition) is 1. The SMILES string of the molecule is COc1cc(OC)c([NH2+]CC(=O)[O-])cc1Cl. The van der Waals surface area contributed by atoms with E-state index in [-0.39, 0.29) is 6.54 Å². The fraction of sp³-hybridized carbons (Fsp3) is 0.300. The van der Waals surface area contributed by atoms with Crippen molar-refractivity contribution >= 4 is 23.3 Å². The molecule has 0 heterocycles. The predicted octanol–water partition coefficient (Wildman–Crippen LogP) is -0.698. The van der Waals surface area contributed by atoms with Crippen LogP contribution in [0.2, 0.25) is 5.02 Å². The molecule has 88 valence electrons. The molecule has 0 saturated heterocycles. The smallest absolute Gasteiger partial charge is 0.183 e. The molecular weight excluding hydrogens is 234 g/mol. The highest BCUT2D eigenvalue weighted by Crippen LogP contribution is 2.33. The molecule has 2 N–H and O–H groups in total. The van der Waals surface area contributed by atoms with Crippen LogP contribution in [0.4, 0.5) is 5.69 Å². The van der Waals surface area contributed by atoms with Gasteiger partial charge in [-0.05, 0) is 0 Å². The summed E-state index contributed by atoms with van der Waals surface area (Å²) in [5.74, 6) is -0.180. The van der Waals surface area contributed by atoms with E-state index >= 15 is 0 Å². The van der Waals surface area contributed by atoms with Crippen LogP contribution in [0, 0.1) is 0 Å². The molecule has 0 aliphatic carbocycles. The topological polar surface area (TPSA) is 75.2 Å². The second-order valence-corrected chi connectivity index (χ2v) is 3.42. The highest BCUT2D eigenvalue weighted by Gasteiger charge is 2.12. The lowest BCUT2D eigenvalue weighted by Crippen LogP contribution is -2.81. The summed E-state index contributed by atoms with van der Waals surface area (Å²) < 4.78 is 10.1. The fourth-order valence-electron chi connectivity index (χ4n) is 1.24. The van der Waals surface area contributed by atoms with Crippen molar-refractivity contribution in [3.8, 4) is 11.5 Å². The van der Waals surface area contributed by atoms with E-state index in [0.29, 0.717) is 22.2 Å². The number of quaternary nitrogens is 1. The minimum absolute atomic E-state index is 0.195. The van der Waals surface area contributed by atoms with Crippen LogP contribution in [-0.2, 0) is 4.79 Å². The maximum Gasteiger partial charge on any atom is 0.183 e. The molecular formula is C10H12ClNO4. The zero-order chi connectivity index (χ0) is 12.1. The first kappa shape index (κ1) is 12.6. The van der Waals surface area contributed by atoms with Gasteiger partial charge in [-0.2, -0.15) is 0 Å². The van der Waals surface area contributed by atoms with E-state index in [1.807, 2.05) is 0 Å². The van der Waals surface area contributed by atoms with Gasteiger partial charge >= 0.3 is 0 Å². The van der Waals surface area contributed by atoms with Gasteiger partial charge in [0.2, 0.25) is 0 Å². The molecule has 0 atom stereocenters. The summed E-state index contributed by atoms with van der Waals surface area (Å²) in [6.45, 7) is -0.195. The molecule has 0 radical (unpaired) electrons. The number of hydrogen-bond acceptors (Lipinski definition) is 4. The van der Waals surface area contributed by atoms with E-state index < -0.39 is 5.97 Å². The first-order valence-corrected chi connectivity index (χ1v) is 4.91. The lowest BCUT2D eigenvalue weighted by atomic mass is 10.2. The molecule has 1 rings (SSSR count). The van der Waals surface area contributed by atoms with Gasteiger partial charge < -0.3 is 24.7 Å². The first-order valence-electron chi connectivity index (χ1n) is 4.53. The Labute approximate surface area is 97.9 Å². The standard InChI is InChI=1S/C10H12ClNO4/c1-15-8-4-9(16-2)7(3-6(8)11)12-5-10(13)14/h3-4,12H,5H2,1-2H3,(H,13,14). The highest BCUT2D eigenvalue weighted by atomic mass is 35.5. The average Bonchev–Trinajstić information content (AvgIpc) is 2.26. The Kier molecular flexibility index (Phi) is 4.39. The van der Waals surface area contributed by atoms with Gasteiger partial charge in [-0.1, -0.05) is 11.6 Å². The number of nitrogens with two attached hydrogens (primary N) is 1. The van der Waals surface area contributed by atoms with E-state index in [9.17, 15) is 9.90 Å². The number of rotatable bonds is 5. The molecule has 6 heteroatoms. The Balaban J connectivity index is 2.98. The van der Waals surface area contributed by atoms with Crippen LogP contribution in [-0.4, -0.2) is 26.7 Å². The van der Waals surface area contributed by atoms with E-state index in [1.54, 1.807) is 12.1 Å². The number of carboxylic acids is 1. The second kappa shape index (κ2) is 5.58. The Morgan fingerprint density at radius 1 is 1.38 bits per heavy atom. The zero-order valence-electron chi connectivity index (χ0n) is 8.95. The molecule has 0 aliphatic rings. The third kappa shape index (κ3) is 3.01. The van der Waals surface area contributed by atoms with Gasteiger partial charge in [0.1, 0.15) is 12.3 Å². The van der Waals surface area contributed by atoms with Crippen molar-refractivity contribution in [1.29, 1.82) is 0 Å². The second-order valence-electron chi connectivity index (χ2n) is 3.01. The number of ether oxygens (including phenoxy) is 2. The minimum Gasteiger partial charge on any atom is -0.544 e. The van der Waals surface area contributed by atoms with E-state index in [1.165, 1.54) is 19.5 Å². The molecule has 0 spiro atoms. The van der Waals surface area contributed by atoms with Crippen molar-refractivity contribution in [2.75, 3.05) is 20.8 Å². The molecule has 0 aromatic heterocycles. The van der Waals surface area contributed by atoms with Gasteiger partial charge in [0, 0.05) is 12.1 Å². The maximum atomic E-state index is 10.3. The number of carbonyl (C=O) groups is 1. The van der Waals surface area contributed by atoms with Crippen molar-refractivity contribution < 1.29 is 24.7 Å². The summed E-state index contributed by atoms with van der Waals surface area (Å²) in [6.07, 6.45) is 0. The van der Waals surface area contributed by atoms with Gasteiger partial charge in [-0.3, -0.25) is 0 Å². The Morgan fingerprint density at radius 2 is 2.00 bits per heavy atom. The van der Waals surface area contributed by atoms with Crippen molar-refractivity contribution in [2.24, 2.45) is 0 Å². The Morgan fingerprint density at radius 3 is 2.50 bits per heavy atom. The third-order valence-electron chi connectivity index (χ3n) is 1.99. The van der Waals surface area contributed by atoms with Crippen LogP contribution in [0.3, 0.4) is 0 Å². The maximum absolute atomic E-state index is 10.3. The Hall–Kier alpha value is -1.46. The quantitative estimate of drug-likeness (QED) is 0.697. The number of halogens is 1. The van der Waals surface area contributed by atoms with Gasteiger partial charge in [0.05, 0.1) is 25.2 Å².